The SMILES string of the molecule is CC1(C)[C@@]2(C)CC[C@]1(C(=O)Nc1cccc(C(F)(F)F)c1)OC2=O. The zero-order chi connectivity index (χ0) is 18.0. The lowest BCUT2D eigenvalue weighted by Gasteiger charge is -2.35. The Hall–Kier alpha value is -2.05. The lowest BCUT2D eigenvalue weighted by Crippen LogP contribution is -2.50. The van der Waals surface area contributed by atoms with Crippen LogP contribution in [0.4, 0.5) is 18.9 Å². The first kappa shape index (κ1) is 16.8. The summed E-state index contributed by atoms with van der Waals surface area (Å²) in [5.41, 5.74) is -3.69. The summed E-state index contributed by atoms with van der Waals surface area (Å²) in [5.74, 6) is -1.01. The lowest BCUT2D eigenvalue weighted by molar-refractivity contribution is -0.165. The van der Waals surface area contributed by atoms with Crippen LogP contribution in [0.15, 0.2) is 24.3 Å². The topological polar surface area (TPSA) is 55.4 Å². The third-order valence-electron chi connectivity index (χ3n) is 5.90. The maximum atomic E-state index is 12.8. The molecule has 2 bridgehead atoms. The number of benzene rings is 1. The molecule has 2 atom stereocenters. The fraction of sp³-hybridized carbons (Fsp3) is 0.529. The molecule has 2 aliphatic rings. The number of nitrogens with one attached hydrogen (secondary N) is 1. The van der Waals surface area contributed by atoms with Gasteiger partial charge in [-0.3, -0.25) is 9.59 Å². The van der Waals surface area contributed by atoms with Gasteiger partial charge in [-0.05, 0) is 38.0 Å². The van der Waals surface area contributed by atoms with Crippen molar-refractivity contribution in [1.82, 2.24) is 0 Å². The van der Waals surface area contributed by atoms with Crippen molar-refractivity contribution in [3.8, 4) is 0 Å². The molecule has 1 saturated heterocycles. The molecule has 24 heavy (non-hydrogen) atoms. The third-order valence-corrected chi connectivity index (χ3v) is 5.90. The molecule has 1 aromatic rings. The number of amides is 1. The van der Waals surface area contributed by atoms with Crippen LogP contribution in [0.3, 0.4) is 0 Å². The standard InChI is InChI=1S/C17H18F3NO3/c1-14(2)15(3)7-8-16(14,24-13(15)23)12(22)21-11-6-4-5-10(9-11)17(18,19)20/h4-6,9H,7-8H2,1-3H3,(H,21,22)/t15-,16+/m0/s1. The molecule has 3 rings (SSSR count). The van der Waals surface area contributed by atoms with E-state index in [9.17, 15) is 22.8 Å². The first-order chi connectivity index (χ1) is 10.9. The van der Waals surface area contributed by atoms with Crippen LogP contribution in [0.2, 0.25) is 0 Å². The van der Waals surface area contributed by atoms with Gasteiger partial charge in [-0.15, -0.1) is 0 Å². The van der Waals surface area contributed by atoms with Gasteiger partial charge in [0.1, 0.15) is 0 Å². The van der Waals surface area contributed by atoms with Gasteiger partial charge < -0.3 is 10.1 Å². The Morgan fingerprint density at radius 3 is 2.38 bits per heavy atom. The van der Waals surface area contributed by atoms with Gasteiger partial charge in [-0.2, -0.15) is 13.2 Å². The number of alkyl halides is 3. The molecule has 7 heteroatoms. The maximum absolute atomic E-state index is 12.8. The lowest BCUT2D eigenvalue weighted by atomic mass is 9.66. The molecular formula is C17H18F3NO3. The predicted octanol–water partition coefficient (Wildman–Crippen LogP) is 3.77. The van der Waals surface area contributed by atoms with Gasteiger partial charge >= 0.3 is 12.1 Å². The molecule has 1 aliphatic heterocycles. The fourth-order valence-corrected chi connectivity index (χ4v) is 3.75. The van der Waals surface area contributed by atoms with E-state index in [2.05, 4.69) is 5.32 Å². The van der Waals surface area contributed by atoms with E-state index in [4.69, 9.17) is 4.74 Å². The van der Waals surface area contributed by atoms with E-state index in [-0.39, 0.29) is 5.69 Å². The van der Waals surface area contributed by atoms with Crippen molar-refractivity contribution in [2.45, 2.75) is 45.4 Å². The van der Waals surface area contributed by atoms with Gasteiger partial charge in [0, 0.05) is 11.1 Å². The van der Waals surface area contributed by atoms with Crippen molar-refractivity contribution < 1.29 is 27.5 Å². The minimum absolute atomic E-state index is 0.0246. The minimum atomic E-state index is -4.50. The monoisotopic (exact) mass is 341 g/mol. The van der Waals surface area contributed by atoms with Crippen LogP contribution >= 0.6 is 0 Å². The van der Waals surface area contributed by atoms with Gasteiger partial charge in [0.2, 0.25) is 0 Å². The Morgan fingerprint density at radius 1 is 1.21 bits per heavy atom. The van der Waals surface area contributed by atoms with Gasteiger partial charge in [0.05, 0.1) is 11.0 Å². The van der Waals surface area contributed by atoms with E-state index in [0.717, 1.165) is 12.1 Å². The number of hydrogen-bond acceptors (Lipinski definition) is 3. The Morgan fingerprint density at radius 2 is 1.88 bits per heavy atom. The second-order valence-corrected chi connectivity index (χ2v) is 7.21. The van der Waals surface area contributed by atoms with E-state index < -0.39 is 40.0 Å². The van der Waals surface area contributed by atoms with E-state index in [1.165, 1.54) is 12.1 Å². The van der Waals surface area contributed by atoms with Gasteiger partial charge in [-0.1, -0.05) is 19.9 Å². The van der Waals surface area contributed by atoms with E-state index >= 15 is 0 Å². The van der Waals surface area contributed by atoms with Crippen LogP contribution in [-0.2, 0) is 20.5 Å². The Balaban J connectivity index is 1.90. The normalized spacial score (nSPS) is 31.0. The third kappa shape index (κ3) is 1.99. The zero-order valence-electron chi connectivity index (χ0n) is 13.6. The van der Waals surface area contributed by atoms with Crippen molar-refractivity contribution in [1.29, 1.82) is 0 Å². The number of rotatable bonds is 2. The molecule has 0 radical (unpaired) electrons. The molecule has 2 fully saturated rings. The number of anilines is 1. The van der Waals surface area contributed by atoms with Crippen LogP contribution in [0, 0.1) is 10.8 Å². The maximum Gasteiger partial charge on any atom is 0.416 e. The molecule has 4 nitrogen and oxygen atoms in total. The van der Waals surface area contributed by atoms with Crippen molar-refractivity contribution in [3.05, 3.63) is 29.8 Å². The Kier molecular flexibility index (Phi) is 3.32. The van der Waals surface area contributed by atoms with Crippen LogP contribution in [0.25, 0.3) is 0 Å². The van der Waals surface area contributed by atoms with E-state index in [1.54, 1.807) is 20.8 Å². The van der Waals surface area contributed by atoms with Gasteiger partial charge in [-0.25, -0.2) is 0 Å². The first-order valence-corrected chi connectivity index (χ1v) is 7.66. The number of esters is 1. The minimum Gasteiger partial charge on any atom is -0.448 e. The first-order valence-electron chi connectivity index (χ1n) is 7.66. The van der Waals surface area contributed by atoms with Crippen molar-refractivity contribution in [3.63, 3.8) is 0 Å². The zero-order valence-corrected chi connectivity index (χ0v) is 13.6. The molecule has 1 aromatic carbocycles. The molecule has 1 saturated carbocycles. The summed E-state index contributed by atoms with van der Waals surface area (Å²) < 4.78 is 43.8. The Labute approximate surface area is 137 Å². The second kappa shape index (κ2) is 4.74. The average molecular weight is 341 g/mol. The van der Waals surface area contributed by atoms with Crippen molar-refractivity contribution >= 4 is 17.6 Å². The van der Waals surface area contributed by atoms with Crippen LogP contribution in [0.1, 0.15) is 39.2 Å². The number of fused-ring (bicyclic) bond motifs is 2. The molecule has 1 N–H and O–H groups in total. The highest BCUT2D eigenvalue weighted by molar-refractivity contribution is 6.03. The summed E-state index contributed by atoms with van der Waals surface area (Å²) in [4.78, 5) is 25.0. The number of carbonyl (C=O) groups is 2. The molecular weight excluding hydrogens is 323 g/mol. The summed E-state index contributed by atoms with van der Waals surface area (Å²) in [7, 11) is 0. The summed E-state index contributed by atoms with van der Waals surface area (Å²) in [5, 5.41) is 2.49. The molecule has 1 heterocycles. The van der Waals surface area contributed by atoms with E-state index in [0.29, 0.717) is 12.8 Å². The number of ether oxygens (including phenoxy) is 1. The van der Waals surface area contributed by atoms with E-state index in [1.807, 2.05) is 0 Å². The highest BCUT2D eigenvalue weighted by atomic mass is 19.4. The predicted molar refractivity (Wildman–Crippen MR) is 80.0 cm³/mol. The molecule has 0 spiro atoms. The molecule has 0 aromatic heterocycles. The quantitative estimate of drug-likeness (QED) is 0.833. The summed E-state index contributed by atoms with van der Waals surface area (Å²) in [6, 6.07) is 4.40. The highest BCUT2D eigenvalue weighted by Crippen LogP contribution is 2.65. The van der Waals surface area contributed by atoms with Gasteiger partial charge in [0.25, 0.3) is 5.91 Å². The van der Waals surface area contributed by atoms with Crippen LogP contribution in [0.5, 0.6) is 0 Å². The summed E-state index contributed by atoms with van der Waals surface area (Å²) >= 11 is 0. The highest BCUT2D eigenvalue weighted by Gasteiger charge is 2.75. The largest absolute Gasteiger partial charge is 0.448 e. The van der Waals surface area contributed by atoms with Crippen molar-refractivity contribution in [2.75, 3.05) is 5.32 Å². The Bertz CT molecular complexity index is 728. The molecule has 1 amide bonds. The number of carbonyl (C=O) groups excluding carboxylic acids is 2. The summed E-state index contributed by atoms with van der Waals surface area (Å²) in [6.45, 7) is 5.34. The average Bonchev–Trinajstić information content (AvgIpc) is 2.77. The molecule has 1 aliphatic carbocycles. The van der Waals surface area contributed by atoms with Crippen LogP contribution < -0.4 is 5.32 Å². The molecule has 0 unspecified atom stereocenters. The van der Waals surface area contributed by atoms with Crippen LogP contribution in [-0.4, -0.2) is 17.5 Å². The second-order valence-electron chi connectivity index (χ2n) is 7.21. The number of halogens is 3. The summed E-state index contributed by atoms with van der Waals surface area (Å²) in [6.07, 6.45) is -3.63. The number of hydrogen-bond donors (Lipinski definition) is 1. The smallest absolute Gasteiger partial charge is 0.416 e. The molecule has 130 valence electrons. The fourth-order valence-electron chi connectivity index (χ4n) is 3.75. The van der Waals surface area contributed by atoms with Crippen molar-refractivity contribution in [2.24, 2.45) is 10.8 Å². The van der Waals surface area contributed by atoms with Gasteiger partial charge in [0.15, 0.2) is 5.60 Å².